The molecule has 1 spiro atoms. The van der Waals surface area contributed by atoms with Crippen LogP contribution in [-0.4, -0.2) is 12.1 Å². The molecule has 2 nitrogen and oxygen atoms in total. The predicted octanol–water partition coefficient (Wildman–Crippen LogP) is 2.34. The molecule has 0 saturated heterocycles. The molecule has 2 aliphatic carbocycles. The second-order valence-electron chi connectivity index (χ2n) is 5.13. The average molecular weight is 203 g/mol. The lowest BCUT2D eigenvalue weighted by molar-refractivity contribution is -0.0781. The second-order valence-corrected chi connectivity index (χ2v) is 5.13. The molecule has 0 bridgehead atoms. The molecule has 2 fully saturated rings. The Balaban J connectivity index is 1.52. The number of benzene rings is 1. The summed E-state index contributed by atoms with van der Waals surface area (Å²) in [6.45, 7) is 0. The van der Waals surface area contributed by atoms with E-state index in [-0.39, 0.29) is 0 Å². The average Bonchev–Trinajstić information content (AvgIpc) is 2.14. The van der Waals surface area contributed by atoms with Gasteiger partial charge in [-0.1, -0.05) is 18.2 Å². The minimum atomic E-state index is 0.430. The molecule has 15 heavy (non-hydrogen) atoms. The van der Waals surface area contributed by atoms with E-state index in [4.69, 9.17) is 10.5 Å². The van der Waals surface area contributed by atoms with Crippen molar-refractivity contribution in [1.29, 1.82) is 0 Å². The van der Waals surface area contributed by atoms with Gasteiger partial charge in [-0.25, -0.2) is 0 Å². The number of hydrogen-bond donors (Lipinski definition) is 1. The zero-order valence-corrected chi connectivity index (χ0v) is 8.86. The lowest BCUT2D eigenvalue weighted by atomic mass is 9.53. The minimum absolute atomic E-state index is 0.430. The summed E-state index contributed by atoms with van der Waals surface area (Å²) in [5, 5.41) is 0. The molecule has 0 heterocycles. The summed E-state index contributed by atoms with van der Waals surface area (Å²) in [5.41, 5.74) is 6.39. The molecular weight excluding hydrogens is 186 g/mol. The molecule has 0 atom stereocenters. The highest BCUT2D eigenvalue weighted by Gasteiger charge is 2.52. The molecule has 1 aromatic carbocycles. The Kier molecular flexibility index (Phi) is 1.99. The van der Waals surface area contributed by atoms with E-state index in [1.807, 2.05) is 30.3 Å². The van der Waals surface area contributed by atoms with E-state index >= 15 is 0 Å². The van der Waals surface area contributed by atoms with E-state index in [0.29, 0.717) is 17.6 Å². The van der Waals surface area contributed by atoms with Crippen LogP contribution in [0.2, 0.25) is 0 Å². The first kappa shape index (κ1) is 9.22. The quantitative estimate of drug-likeness (QED) is 0.800. The van der Waals surface area contributed by atoms with Crippen molar-refractivity contribution >= 4 is 0 Å². The van der Waals surface area contributed by atoms with E-state index in [0.717, 1.165) is 5.75 Å². The number of nitrogens with two attached hydrogens (primary N) is 1. The van der Waals surface area contributed by atoms with Crippen molar-refractivity contribution < 1.29 is 4.74 Å². The lowest BCUT2D eigenvalue weighted by Gasteiger charge is -2.56. The molecule has 3 rings (SSSR count). The fourth-order valence-corrected chi connectivity index (χ4v) is 3.07. The summed E-state index contributed by atoms with van der Waals surface area (Å²) in [4.78, 5) is 0. The maximum absolute atomic E-state index is 5.88. The maximum Gasteiger partial charge on any atom is 0.119 e. The summed E-state index contributed by atoms with van der Waals surface area (Å²) in [6, 6.07) is 10.6. The van der Waals surface area contributed by atoms with Gasteiger partial charge in [0.05, 0.1) is 6.10 Å². The van der Waals surface area contributed by atoms with Crippen LogP contribution in [0.25, 0.3) is 0 Å². The topological polar surface area (TPSA) is 35.2 Å². The Bertz CT molecular complexity index is 335. The Hall–Kier alpha value is -1.02. The largest absolute Gasteiger partial charge is 0.490 e. The third-order valence-corrected chi connectivity index (χ3v) is 3.76. The molecule has 0 aromatic heterocycles. The highest BCUT2D eigenvalue weighted by atomic mass is 16.5. The van der Waals surface area contributed by atoms with Crippen molar-refractivity contribution in [3.05, 3.63) is 30.3 Å². The smallest absolute Gasteiger partial charge is 0.119 e. The Morgan fingerprint density at radius 3 is 2.33 bits per heavy atom. The Labute approximate surface area is 90.4 Å². The zero-order valence-electron chi connectivity index (χ0n) is 8.86. The monoisotopic (exact) mass is 203 g/mol. The van der Waals surface area contributed by atoms with Gasteiger partial charge in [-0.05, 0) is 43.2 Å². The van der Waals surface area contributed by atoms with Crippen molar-refractivity contribution in [1.82, 2.24) is 0 Å². The second kappa shape index (κ2) is 3.24. The van der Waals surface area contributed by atoms with Crippen LogP contribution in [0.5, 0.6) is 5.75 Å². The van der Waals surface area contributed by atoms with Crippen LogP contribution in [0.1, 0.15) is 25.7 Å². The van der Waals surface area contributed by atoms with Crippen LogP contribution in [-0.2, 0) is 0 Å². The molecule has 2 saturated carbocycles. The minimum Gasteiger partial charge on any atom is -0.490 e. The lowest BCUT2D eigenvalue weighted by Crippen LogP contribution is -2.56. The Morgan fingerprint density at radius 1 is 1.07 bits per heavy atom. The highest BCUT2D eigenvalue weighted by molar-refractivity contribution is 5.22. The van der Waals surface area contributed by atoms with Gasteiger partial charge in [0.2, 0.25) is 0 Å². The van der Waals surface area contributed by atoms with Crippen molar-refractivity contribution in [2.75, 3.05) is 0 Å². The summed E-state index contributed by atoms with van der Waals surface area (Å²) in [5.74, 6) is 1.00. The molecule has 0 radical (unpaired) electrons. The van der Waals surface area contributed by atoms with Crippen LogP contribution < -0.4 is 10.5 Å². The molecule has 0 unspecified atom stereocenters. The van der Waals surface area contributed by atoms with E-state index < -0.39 is 0 Å². The third-order valence-electron chi connectivity index (χ3n) is 3.76. The van der Waals surface area contributed by atoms with Gasteiger partial charge in [-0.2, -0.15) is 0 Å². The van der Waals surface area contributed by atoms with Gasteiger partial charge in [-0.3, -0.25) is 0 Å². The van der Waals surface area contributed by atoms with E-state index in [2.05, 4.69) is 0 Å². The van der Waals surface area contributed by atoms with Crippen LogP contribution in [0.4, 0.5) is 0 Å². The van der Waals surface area contributed by atoms with Crippen molar-refractivity contribution in [3.8, 4) is 5.75 Å². The molecule has 1 aromatic rings. The SMILES string of the molecule is NC1CC2(C1)CC(Oc1ccccc1)C2. The number of hydrogen-bond acceptors (Lipinski definition) is 2. The first-order chi connectivity index (χ1) is 7.26. The normalized spacial score (nSPS) is 38.2. The van der Waals surface area contributed by atoms with Gasteiger partial charge in [0.1, 0.15) is 5.75 Å². The molecule has 2 heteroatoms. The molecule has 0 amide bonds. The van der Waals surface area contributed by atoms with Crippen LogP contribution in [0.3, 0.4) is 0 Å². The first-order valence-corrected chi connectivity index (χ1v) is 5.73. The fraction of sp³-hybridized carbons (Fsp3) is 0.538. The summed E-state index contributed by atoms with van der Waals surface area (Å²) >= 11 is 0. The van der Waals surface area contributed by atoms with Gasteiger partial charge >= 0.3 is 0 Å². The molecule has 80 valence electrons. The van der Waals surface area contributed by atoms with Crippen LogP contribution in [0, 0.1) is 5.41 Å². The van der Waals surface area contributed by atoms with Crippen LogP contribution >= 0.6 is 0 Å². The van der Waals surface area contributed by atoms with Gasteiger partial charge in [-0.15, -0.1) is 0 Å². The predicted molar refractivity (Wildman–Crippen MR) is 59.7 cm³/mol. The maximum atomic E-state index is 5.88. The van der Waals surface area contributed by atoms with Crippen molar-refractivity contribution in [2.45, 2.75) is 37.8 Å². The van der Waals surface area contributed by atoms with Gasteiger partial charge in [0.25, 0.3) is 0 Å². The standard InChI is InChI=1S/C13H17NO/c14-10-6-13(7-10)8-12(9-13)15-11-4-2-1-3-5-11/h1-5,10,12H,6-9,14H2. The molecule has 2 N–H and O–H groups in total. The molecular formula is C13H17NO. The van der Waals surface area contributed by atoms with E-state index in [1.54, 1.807) is 0 Å². The van der Waals surface area contributed by atoms with Gasteiger partial charge in [0.15, 0.2) is 0 Å². The number of para-hydroxylation sites is 1. The first-order valence-electron chi connectivity index (χ1n) is 5.73. The third kappa shape index (κ3) is 1.63. The number of ether oxygens (including phenoxy) is 1. The van der Waals surface area contributed by atoms with E-state index in [9.17, 15) is 0 Å². The van der Waals surface area contributed by atoms with Gasteiger partial charge in [0, 0.05) is 6.04 Å². The van der Waals surface area contributed by atoms with E-state index in [1.165, 1.54) is 25.7 Å². The van der Waals surface area contributed by atoms with Crippen LogP contribution in [0.15, 0.2) is 30.3 Å². The van der Waals surface area contributed by atoms with Crippen molar-refractivity contribution in [3.63, 3.8) is 0 Å². The fourth-order valence-electron chi connectivity index (χ4n) is 3.07. The highest BCUT2D eigenvalue weighted by Crippen LogP contribution is 2.56. The Morgan fingerprint density at radius 2 is 1.73 bits per heavy atom. The summed E-state index contributed by atoms with van der Waals surface area (Å²) in [7, 11) is 0. The molecule has 2 aliphatic rings. The van der Waals surface area contributed by atoms with Gasteiger partial charge < -0.3 is 10.5 Å². The number of rotatable bonds is 2. The van der Waals surface area contributed by atoms with Crippen molar-refractivity contribution in [2.24, 2.45) is 11.1 Å². The summed E-state index contributed by atoms with van der Waals surface area (Å²) < 4.78 is 5.88. The molecule has 0 aliphatic heterocycles. The summed E-state index contributed by atoms with van der Waals surface area (Å²) in [6.07, 6.45) is 5.26. The zero-order chi connectivity index (χ0) is 10.3.